The first-order chi connectivity index (χ1) is 12.7. The van der Waals surface area contributed by atoms with Crippen molar-refractivity contribution in [1.82, 2.24) is 0 Å². The van der Waals surface area contributed by atoms with Gasteiger partial charge in [0.15, 0.2) is 0 Å². The lowest BCUT2D eigenvalue weighted by atomic mass is 9.84. The summed E-state index contributed by atoms with van der Waals surface area (Å²) >= 11 is 0. The zero-order valence-electron chi connectivity index (χ0n) is 15.3. The van der Waals surface area contributed by atoms with Gasteiger partial charge in [0.1, 0.15) is 17.1 Å². The van der Waals surface area contributed by atoms with Crippen LogP contribution < -0.4 is 14.8 Å². The molecule has 0 fully saturated rings. The van der Waals surface area contributed by atoms with Gasteiger partial charge in [-0.05, 0) is 37.6 Å². The molecule has 0 saturated carbocycles. The quantitative estimate of drug-likeness (QED) is 0.492. The fourth-order valence-electron chi connectivity index (χ4n) is 3.07. The van der Waals surface area contributed by atoms with Crippen LogP contribution in [0.2, 0.25) is 0 Å². The Morgan fingerprint density at radius 1 is 1.11 bits per heavy atom. The lowest BCUT2D eigenvalue weighted by Crippen LogP contribution is -2.27. The summed E-state index contributed by atoms with van der Waals surface area (Å²) in [4.78, 5) is 36.2. The maximum absolute atomic E-state index is 13.1. The number of amides is 1. The van der Waals surface area contributed by atoms with Crippen molar-refractivity contribution < 1.29 is 24.0 Å². The highest BCUT2D eigenvalue weighted by atomic mass is 16.6. The van der Waals surface area contributed by atoms with Gasteiger partial charge in [-0.25, -0.2) is 0 Å². The zero-order valence-corrected chi connectivity index (χ0v) is 15.3. The molecule has 0 bridgehead atoms. The Labute approximate surface area is 155 Å². The molecular weight excluding hydrogens is 352 g/mol. The Morgan fingerprint density at radius 2 is 1.81 bits per heavy atom. The van der Waals surface area contributed by atoms with Crippen molar-refractivity contribution in [1.29, 1.82) is 0 Å². The van der Waals surface area contributed by atoms with E-state index < -0.39 is 16.1 Å². The molecule has 8 nitrogen and oxygen atoms in total. The predicted octanol–water partition coefficient (Wildman–Crippen LogP) is 3.07. The van der Waals surface area contributed by atoms with Gasteiger partial charge in [0.2, 0.25) is 11.7 Å². The van der Waals surface area contributed by atoms with E-state index in [1.54, 1.807) is 19.9 Å². The Morgan fingerprint density at radius 3 is 2.41 bits per heavy atom. The number of ketones is 1. The Hall–Kier alpha value is -3.42. The summed E-state index contributed by atoms with van der Waals surface area (Å²) in [7, 11) is 2.88. The van der Waals surface area contributed by atoms with Crippen LogP contribution in [0.4, 0.5) is 11.4 Å². The number of carbonyl (C=O) groups excluding carboxylic acids is 2. The highest BCUT2D eigenvalue weighted by Crippen LogP contribution is 2.42. The van der Waals surface area contributed by atoms with Gasteiger partial charge in [-0.3, -0.25) is 19.7 Å². The molecule has 0 aliphatic carbocycles. The van der Waals surface area contributed by atoms with Crippen molar-refractivity contribution in [2.75, 3.05) is 19.5 Å². The number of nitrogens with zero attached hydrogens (tertiary/aromatic N) is 1. The van der Waals surface area contributed by atoms with E-state index in [2.05, 4.69) is 5.32 Å². The molecule has 1 aliphatic rings. The third kappa shape index (κ3) is 2.88. The van der Waals surface area contributed by atoms with Crippen LogP contribution in [-0.2, 0) is 10.2 Å². The second-order valence-corrected chi connectivity index (χ2v) is 6.65. The third-order valence-electron chi connectivity index (χ3n) is 4.72. The van der Waals surface area contributed by atoms with Crippen molar-refractivity contribution in [2.45, 2.75) is 19.3 Å². The molecule has 0 spiro atoms. The first kappa shape index (κ1) is 18.4. The molecule has 3 rings (SSSR count). The van der Waals surface area contributed by atoms with Crippen molar-refractivity contribution in [3.8, 4) is 11.5 Å². The molecule has 0 atom stereocenters. The number of carbonyl (C=O) groups is 2. The standard InChI is InChI=1S/C19H18N2O6/c1-19(2)13-8-12(15(21(24)25)9-14(13)20-18(19)23)17(22)11-6-5-10(26-3)7-16(11)27-4/h5-9H,1-4H3,(H,20,23). The van der Waals surface area contributed by atoms with Gasteiger partial charge in [-0.1, -0.05) is 0 Å². The molecule has 0 unspecified atom stereocenters. The summed E-state index contributed by atoms with van der Waals surface area (Å²) < 4.78 is 10.4. The summed E-state index contributed by atoms with van der Waals surface area (Å²) in [6.07, 6.45) is 0. The minimum Gasteiger partial charge on any atom is -0.497 e. The number of hydrogen-bond acceptors (Lipinski definition) is 6. The Balaban J connectivity index is 2.20. The van der Waals surface area contributed by atoms with Crippen LogP contribution in [0.25, 0.3) is 0 Å². The molecule has 0 aromatic heterocycles. The molecule has 1 aliphatic heterocycles. The first-order valence-electron chi connectivity index (χ1n) is 8.11. The van der Waals surface area contributed by atoms with Gasteiger partial charge in [0.25, 0.3) is 5.69 Å². The van der Waals surface area contributed by atoms with Crippen LogP contribution in [0.1, 0.15) is 35.3 Å². The number of fused-ring (bicyclic) bond motifs is 1. The van der Waals surface area contributed by atoms with Crippen LogP contribution in [0, 0.1) is 10.1 Å². The third-order valence-corrected chi connectivity index (χ3v) is 4.72. The van der Waals surface area contributed by atoms with E-state index in [0.29, 0.717) is 17.0 Å². The smallest absolute Gasteiger partial charge is 0.282 e. The number of nitro groups is 1. The van der Waals surface area contributed by atoms with Crippen LogP contribution in [0.5, 0.6) is 11.5 Å². The fourth-order valence-corrected chi connectivity index (χ4v) is 3.07. The molecule has 1 N–H and O–H groups in total. The number of methoxy groups -OCH3 is 2. The summed E-state index contributed by atoms with van der Waals surface area (Å²) in [5.41, 5.74) is -0.342. The second kappa shape index (κ2) is 6.39. The largest absolute Gasteiger partial charge is 0.497 e. The first-order valence-corrected chi connectivity index (χ1v) is 8.11. The summed E-state index contributed by atoms with van der Waals surface area (Å²) in [5.74, 6) is -0.122. The van der Waals surface area contributed by atoms with Gasteiger partial charge >= 0.3 is 0 Å². The fraction of sp³-hybridized carbons (Fsp3) is 0.263. The van der Waals surface area contributed by atoms with Gasteiger partial charge in [-0.15, -0.1) is 0 Å². The topological polar surface area (TPSA) is 108 Å². The van der Waals surface area contributed by atoms with Gasteiger partial charge in [0.05, 0.1) is 35.8 Å². The number of ether oxygens (including phenoxy) is 2. The normalized spacial score (nSPS) is 14.3. The molecule has 2 aromatic carbocycles. The lowest BCUT2D eigenvalue weighted by Gasteiger charge is -2.16. The van der Waals surface area contributed by atoms with Crippen LogP contribution in [-0.4, -0.2) is 30.8 Å². The van der Waals surface area contributed by atoms with Crippen molar-refractivity contribution in [3.05, 3.63) is 57.1 Å². The van der Waals surface area contributed by atoms with E-state index in [9.17, 15) is 19.7 Å². The lowest BCUT2D eigenvalue weighted by molar-refractivity contribution is -0.385. The highest BCUT2D eigenvalue weighted by Gasteiger charge is 2.41. The Kier molecular flexibility index (Phi) is 4.35. The number of anilines is 1. The number of nitro benzene ring substituents is 1. The zero-order chi connectivity index (χ0) is 19.9. The van der Waals surface area contributed by atoms with Gasteiger partial charge in [-0.2, -0.15) is 0 Å². The van der Waals surface area contributed by atoms with Gasteiger partial charge < -0.3 is 14.8 Å². The molecule has 140 valence electrons. The maximum Gasteiger partial charge on any atom is 0.282 e. The number of nitrogens with one attached hydrogen (secondary N) is 1. The summed E-state index contributed by atoms with van der Waals surface area (Å²) in [6, 6.07) is 7.24. The van der Waals surface area contributed by atoms with E-state index in [1.807, 2.05) is 0 Å². The van der Waals surface area contributed by atoms with E-state index >= 15 is 0 Å². The van der Waals surface area contributed by atoms with Crippen molar-refractivity contribution in [3.63, 3.8) is 0 Å². The SMILES string of the molecule is COc1ccc(C(=O)c2cc3c(cc2[N+](=O)[O-])NC(=O)C3(C)C)c(OC)c1. The minimum absolute atomic E-state index is 0.105. The average Bonchev–Trinajstić information content (AvgIpc) is 2.87. The summed E-state index contributed by atoms with van der Waals surface area (Å²) in [5, 5.41) is 14.2. The molecule has 0 saturated heterocycles. The van der Waals surface area contributed by atoms with Crippen LogP contribution in [0.3, 0.4) is 0 Å². The predicted molar refractivity (Wildman–Crippen MR) is 97.7 cm³/mol. The molecule has 27 heavy (non-hydrogen) atoms. The highest BCUT2D eigenvalue weighted by molar-refractivity contribution is 6.15. The van der Waals surface area contributed by atoms with Crippen molar-refractivity contribution in [2.24, 2.45) is 0 Å². The van der Waals surface area contributed by atoms with E-state index in [-0.39, 0.29) is 28.5 Å². The monoisotopic (exact) mass is 370 g/mol. The molecular formula is C19H18N2O6. The van der Waals surface area contributed by atoms with Crippen LogP contribution >= 0.6 is 0 Å². The summed E-state index contributed by atoms with van der Waals surface area (Å²) in [6.45, 7) is 3.39. The van der Waals surface area contributed by atoms with Gasteiger partial charge in [0, 0.05) is 12.1 Å². The number of hydrogen-bond donors (Lipinski definition) is 1. The molecule has 8 heteroatoms. The number of rotatable bonds is 5. The average molecular weight is 370 g/mol. The second-order valence-electron chi connectivity index (χ2n) is 6.65. The Bertz CT molecular complexity index is 980. The molecule has 1 heterocycles. The molecule has 2 aromatic rings. The van der Waals surface area contributed by atoms with E-state index in [1.165, 1.54) is 38.5 Å². The maximum atomic E-state index is 13.1. The minimum atomic E-state index is -0.899. The molecule has 0 radical (unpaired) electrons. The van der Waals surface area contributed by atoms with Crippen LogP contribution in [0.15, 0.2) is 30.3 Å². The van der Waals surface area contributed by atoms with E-state index in [0.717, 1.165) is 0 Å². The molecule has 1 amide bonds. The van der Waals surface area contributed by atoms with E-state index in [4.69, 9.17) is 9.47 Å². The van der Waals surface area contributed by atoms with Crippen molar-refractivity contribution >= 4 is 23.1 Å². The number of benzene rings is 2.